The summed E-state index contributed by atoms with van der Waals surface area (Å²) in [6.45, 7) is 4.27. The first-order valence-electron chi connectivity index (χ1n) is 7.44. The molecule has 1 saturated heterocycles. The van der Waals surface area contributed by atoms with Crippen molar-refractivity contribution >= 4 is 20.8 Å². The number of ether oxygens (including phenoxy) is 1. The summed E-state index contributed by atoms with van der Waals surface area (Å²) in [5.41, 5.74) is 0. The molecular formula is C16H20ClN2O3S-. The minimum absolute atomic E-state index is 0. The standard InChI is InChI=1S/C16H20N2O3S.ClH/c19-22(20,17-7-8-18-9-11-21-12-10-18)16-6-5-14-3-1-2-4-15(14)13-16;/h1-6,13,17H,7-12H2;1H/p-1. The topological polar surface area (TPSA) is 58.6 Å². The molecule has 0 radical (unpaired) electrons. The zero-order valence-corrected chi connectivity index (χ0v) is 14.3. The van der Waals surface area contributed by atoms with Crippen molar-refractivity contribution in [2.24, 2.45) is 0 Å². The molecule has 0 aromatic heterocycles. The van der Waals surface area contributed by atoms with Gasteiger partial charge in [-0.05, 0) is 22.9 Å². The first kappa shape index (κ1) is 18.2. The zero-order chi connectivity index (χ0) is 15.4. The van der Waals surface area contributed by atoms with Gasteiger partial charge in [0.05, 0.1) is 18.1 Å². The second-order valence-corrected chi connectivity index (χ2v) is 7.13. The number of nitrogens with one attached hydrogen (secondary N) is 1. The van der Waals surface area contributed by atoms with Crippen molar-refractivity contribution in [3.63, 3.8) is 0 Å². The first-order chi connectivity index (χ1) is 10.6. The molecule has 2 aromatic rings. The molecule has 1 aliphatic heterocycles. The minimum atomic E-state index is -3.46. The first-order valence-corrected chi connectivity index (χ1v) is 8.92. The number of benzene rings is 2. The minimum Gasteiger partial charge on any atom is -1.00 e. The van der Waals surface area contributed by atoms with Gasteiger partial charge in [-0.15, -0.1) is 0 Å². The second kappa shape index (κ2) is 8.08. The smallest absolute Gasteiger partial charge is 0.240 e. The van der Waals surface area contributed by atoms with Gasteiger partial charge in [0.15, 0.2) is 0 Å². The summed E-state index contributed by atoms with van der Waals surface area (Å²) in [6.07, 6.45) is 0. The van der Waals surface area contributed by atoms with Crippen LogP contribution in [0, 0.1) is 0 Å². The second-order valence-electron chi connectivity index (χ2n) is 5.36. The maximum atomic E-state index is 12.4. The molecule has 7 heteroatoms. The predicted molar refractivity (Wildman–Crippen MR) is 86.4 cm³/mol. The quantitative estimate of drug-likeness (QED) is 0.706. The van der Waals surface area contributed by atoms with Crippen molar-refractivity contribution in [2.45, 2.75) is 4.90 Å². The molecule has 1 fully saturated rings. The average molecular weight is 356 g/mol. The lowest BCUT2D eigenvalue weighted by atomic mass is 10.1. The third kappa shape index (κ3) is 4.65. The molecule has 2 aromatic carbocycles. The summed E-state index contributed by atoms with van der Waals surface area (Å²) >= 11 is 0. The molecule has 0 spiro atoms. The lowest BCUT2D eigenvalue weighted by Gasteiger charge is -2.26. The summed E-state index contributed by atoms with van der Waals surface area (Å²) in [4.78, 5) is 2.51. The van der Waals surface area contributed by atoms with Gasteiger partial charge in [-0.25, -0.2) is 13.1 Å². The highest BCUT2D eigenvalue weighted by atomic mass is 35.5. The SMILES string of the molecule is O=S(=O)(NCCN1CCOCC1)c1ccc2ccccc2c1.[Cl-]. The molecule has 0 atom stereocenters. The van der Waals surface area contributed by atoms with E-state index >= 15 is 0 Å². The summed E-state index contributed by atoms with van der Waals surface area (Å²) in [7, 11) is -3.46. The monoisotopic (exact) mass is 355 g/mol. The van der Waals surface area contributed by atoms with Crippen LogP contribution in [-0.2, 0) is 14.8 Å². The van der Waals surface area contributed by atoms with E-state index in [9.17, 15) is 8.42 Å². The van der Waals surface area contributed by atoms with E-state index in [0.717, 1.165) is 37.1 Å². The van der Waals surface area contributed by atoms with E-state index in [1.165, 1.54) is 0 Å². The van der Waals surface area contributed by atoms with Gasteiger partial charge in [-0.2, -0.15) is 0 Å². The van der Waals surface area contributed by atoms with Crippen molar-refractivity contribution in [3.8, 4) is 0 Å². The predicted octanol–water partition coefficient (Wildman–Crippen LogP) is -1.55. The molecule has 126 valence electrons. The largest absolute Gasteiger partial charge is 1.00 e. The number of rotatable bonds is 5. The van der Waals surface area contributed by atoms with Gasteiger partial charge in [0, 0.05) is 26.2 Å². The normalized spacial score (nSPS) is 16.2. The molecule has 0 amide bonds. The van der Waals surface area contributed by atoms with E-state index in [1.807, 2.05) is 30.3 Å². The Morgan fingerprint density at radius 3 is 2.48 bits per heavy atom. The Hall–Kier alpha value is -1.18. The van der Waals surface area contributed by atoms with Crippen LogP contribution in [0.25, 0.3) is 10.8 Å². The molecule has 23 heavy (non-hydrogen) atoms. The molecule has 5 nitrogen and oxygen atoms in total. The highest BCUT2D eigenvalue weighted by Gasteiger charge is 2.15. The third-order valence-electron chi connectivity index (χ3n) is 3.86. The van der Waals surface area contributed by atoms with Crippen LogP contribution in [0.5, 0.6) is 0 Å². The lowest BCUT2D eigenvalue weighted by Crippen LogP contribution is -3.00. The number of morpholine rings is 1. The van der Waals surface area contributed by atoms with Gasteiger partial charge in [-0.1, -0.05) is 30.3 Å². The van der Waals surface area contributed by atoms with Crippen molar-refractivity contribution in [3.05, 3.63) is 42.5 Å². The van der Waals surface area contributed by atoms with Crippen LogP contribution < -0.4 is 17.1 Å². The number of nitrogens with zero attached hydrogens (tertiary/aromatic N) is 1. The number of fused-ring (bicyclic) bond motifs is 1. The summed E-state index contributed by atoms with van der Waals surface area (Å²) in [5.74, 6) is 0. The third-order valence-corrected chi connectivity index (χ3v) is 5.31. The zero-order valence-electron chi connectivity index (χ0n) is 12.7. The molecule has 0 unspecified atom stereocenters. The van der Waals surface area contributed by atoms with Gasteiger partial charge < -0.3 is 17.1 Å². The van der Waals surface area contributed by atoms with Crippen LogP contribution in [0.4, 0.5) is 0 Å². The van der Waals surface area contributed by atoms with E-state index < -0.39 is 10.0 Å². The van der Waals surface area contributed by atoms with Gasteiger partial charge in [-0.3, -0.25) is 4.90 Å². The molecule has 0 aliphatic carbocycles. The Kier molecular flexibility index (Phi) is 6.38. The summed E-state index contributed by atoms with van der Waals surface area (Å²) in [5, 5.41) is 1.97. The Labute approximate surface area is 143 Å². The van der Waals surface area contributed by atoms with E-state index in [2.05, 4.69) is 9.62 Å². The number of hydrogen-bond donors (Lipinski definition) is 1. The van der Waals surface area contributed by atoms with E-state index in [0.29, 0.717) is 18.0 Å². The summed E-state index contributed by atoms with van der Waals surface area (Å²) in [6, 6.07) is 12.9. The van der Waals surface area contributed by atoms with Gasteiger partial charge in [0.25, 0.3) is 0 Å². The Bertz CT molecular complexity index is 746. The van der Waals surface area contributed by atoms with Gasteiger partial charge in [0.1, 0.15) is 0 Å². The maximum absolute atomic E-state index is 12.4. The van der Waals surface area contributed by atoms with Gasteiger partial charge >= 0.3 is 0 Å². The van der Waals surface area contributed by atoms with Crippen LogP contribution in [0.2, 0.25) is 0 Å². The fourth-order valence-electron chi connectivity index (χ4n) is 2.58. The number of hydrogen-bond acceptors (Lipinski definition) is 4. The molecule has 3 rings (SSSR count). The number of sulfonamides is 1. The van der Waals surface area contributed by atoms with Crippen LogP contribution in [0.15, 0.2) is 47.4 Å². The van der Waals surface area contributed by atoms with Crippen LogP contribution in [0.1, 0.15) is 0 Å². The Morgan fingerprint density at radius 2 is 1.74 bits per heavy atom. The molecule has 1 N–H and O–H groups in total. The molecular weight excluding hydrogens is 336 g/mol. The number of halogens is 1. The molecule has 1 aliphatic rings. The van der Waals surface area contributed by atoms with Crippen LogP contribution in [0.3, 0.4) is 0 Å². The van der Waals surface area contributed by atoms with Crippen LogP contribution >= 0.6 is 0 Å². The van der Waals surface area contributed by atoms with Gasteiger partial charge in [0.2, 0.25) is 10.0 Å². The summed E-state index contributed by atoms with van der Waals surface area (Å²) < 4.78 is 32.7. The maximum Gasteiger partial charge on any atom is 0.240 e. The molecule has 0 saturated carbocycles. The fourth-order valence-corrected chi connectivity index (χ4v) is 3.64. The molecule has 0 bridgehead atoms. The van der Waals surface area contributed by atoms with Crippen LogP contribution in [-0.4, -0.2) is 52.7 Å². The van der Waals surface area contributed by atoms with E-state index in [4.69, 9.17) is 4.74 Å². The Balaban J connectivity index is 0.00000192. The van der Waals surface area contributed by atoms with Crippen molar-refractivity contribution < 1.29 is 25.6 Å². The average Bonchev–Trinajstić information content (AvgIpc) is 2.55. The lowest BCUT2D eigenvalue weighted by molar-refractivity contribution is -0.00000872. The highest BCUT2D eigenvalue weighted by molar-refractivity contribution is 7.89. The Morgan fingerprint density at radius 1 is 1.04 bits per heavy atom. The van der Waals surface area contributed by atoms with E-state index in [-0.39, 0.29) is 12.4 Å². The fraction of sp³-hybridized carbons (Fsp3) is 0.375. The molecule has 1 heterocycles. The van der Waals surface area contributed by atoms with Crippen molar-refractivity contribution in [1.29, 1.82) is 0 Å². The van der Waals surface area contributed by atoms with Crippen molar-refractivity contribution in [1.82, 2.24) is 9.62 Å². The van der Waals surface area contributed by atoms with E-state index in [1.54, 1.807) is 12.1 Å². The highest BCUT2D eigenvalue weighted by Crippen LogP contribution is 2.18. The van der Waals surface area contributed by atoms with Crippen molar-refractivity contribution in [2.75, 3.05) is 39.4 Å².